The van der Waals surface area contributed by atoms with E-state index in [2.05, 4.69) is 0 Å². The van der Waals surface area contributed by atoms with Crippen molar-refractivity contribution in [3.05, 3.63) is 65.7 Å². The van der Waals surface area contributed by atoms with E-state index >= 15 is 0 Å². The number of Topliss-reactive ketones (excluding diaryl/α,β-unsaturated/α-hetero) is 1. The Kier molecular flexibility index (Phi) is 5.23. The summed E-state index contributed by atoms with van der Waals surface area (Å²) in [5.74, 6) is -0.450. The molecular formula is C20H21NO4S. The topological polar surface area (TPSA) is 71.5 Å². The van der Waals surface area contributed by atoms with Gasteiger partial charge in [-0.25, -0.2) is 8.42 Å². The third-order valence-corrected chi connectivity index (χ3v) is 6.31. The third kappa shape index (κ3) is 3.85. The average molecular weight is 371 g/mol. The number of carbonyl (C=O) groups is 2. The number of sulfone groups is 1. The largest absolute Gasteiger partial charge is 0.329 e. The van der Waals surface area contributed by atoms with Gasteiger partial charge in [-0.2, -0.15) is 0 Å². The first-order valence-corrected chi connectivity index (χ1v) is 10.2. The van der Waals surface area contributed by atoms with Gasteiger partial charge in [0.15, 0.2) is 15.6 Å². The first kappa shape index (κ1) is 18.3. The summed E-state index contributed by atoms with van der Waals surface area (Å²) in [7, 11) is -3.56. The van der Waals surface area contributed by atoms with Crippen LogP contribution in [-0.2, 0) is 20.4 Å². The molecular weight excluding hydrogens is 350 g/mol. The third-order valence-electron chi connectivity index (χ3n) is 4.62. The molecule has 0 aliphatic carbocycles. The highest BCUT2D eigenvalue weighted by molar-refractivity contribution is 7.90. The van der Waals surface area contributed by atoms with Crippen LogP contribution >= 0.6 is 0 Å². The Morgan fingerprint density at radius 3 is 2.50 bits per heavy atom. The molecule has 0 aromatic heterocycles. The van der Waals surface area contributed by atoms with E-state index in [4.69, 9.17) is 0 Å². The number of amides is 1. The van der Waals surface area contributed by atoms with Crippen LogP contribution < -0.4 is 0 Å². The summed E-state index contributed by atoms with van der Waals surface area (Å²) < 4.78 is 25.4. The molecule has 1 fully saturated rings. The molecule has 1 saturated heterocycles. The molecule has 1 aliphatic heterocycles. The van der Waals surface area contributed by atoms with Crippen molar-refractivity contribution < 1.29 is 18.0 Å². The molecule has 26 heavy (non-hydrogen) atoms. The van der Waals surface area contributed by atoms with Crippen LogP contribution in [0.2, 0.25) is 0 Å². The predicted octanol–water partition coefficient (Wildman–Crippen LogP) is 2.85. The maximum absolute atomic E-state index is 12.8. The van der Waals surface area contributed by atoms with E-state index in [1.807, 2.05) is 6.07 Å². The highest BCUT2D eigenvalue weighted by Crippen LogP contribution is 2.23. The van der Waals surface area contributed by atoms with Gasteiger partial charge in [-0.3, -0.25) is 9.59 Å². The lowest BCUT2D eigenvalue weighted by Crippen LogP contribution is -2.39. The lowest BCUT2D eigenvalue weighted by atomic mass is 10.1. The molecule has 0 bridgehead atoms. The summed E-state index contributed by atoms with van der Waals surface area (Å²) in [4.78, 5) is 26.2. The normalized spacial score (nSPS) is 17.3. The minimum Gasteiger partial charge on any atom is -0.329 e. The molecule has 1 heterocycles. The van der Waals surface area contributed by atoms with Crippen molar-refractivity contribution in [2.24, 2.45) is 0 Å². The van der Waals surface area contributed by atoms with Gasteiger partial charge >= 0.3 is 0 Å². The van der Waals surface area contributed by atoms with Gasteiger partial charge in [0, 0.05) is 12.1 Å². The average Bonchev–Trinajstić information content (AvgIpc) is 3.12. The number of carbonyl (C=O) groups excluding carboxylic acids is 2. The quantitative estimate of drug-likeness (QED) is 0.810. The minimum atomic E-state index is -3.56. The fraction of sp³-hybridized carbons (Fsp3) is 0.300. The molecule has 1 atom stereocenters. The number of rotatable bonds is 5. The van der Waals surface area contributed by atoms with E-state index in [1.165, 1.54) is 19.1 Å². The summed E-state index contributed by atoms with van der Waals surface area (Å²) in [5.41, 5.74) is 0.993. The minimum absolute atomic E-state index is 0.0382. The highest BCUT2D eigenvalue weighted by Gasteiger charge is 2.32. The van der Waals surface area contributed by atoms with E-state index < -0.39 is 15.9 Å². The summed E-state index contributed by atoms with van der Waals surface area (Å²) in [5, 5.41) is 0. The summed E-state index contributed by atoms with van der Waals surface area (Å²) >= 11 is 0. The van der Waals surface area contributed by atoms with Crippen molar-refractivity contribution in [2.75, 3.05) is 6.54 Å². The predicted molar refractivity (Wildman–Crippen MR) is 98.5 cm³/mol. The van der Waals surface area contributed by atoms with Crippen LogP contribution in [0.1, 0.15) is 35.7 Å². The van der Waals surface area contributed by atoms with Crippen LogP contribution in [0.25, 0.3) is 0 Å². The monoisotopic (exact) mass is 371 g/mol. The van der Waals surface area contributed by atoms with Gasteiger partial charge in [0.1, 0.15) is 0 Å². The van der Waals surface area contributed by atoms with Crippen LogP contribution in [0.4, 0.5) is 0 Å². The molecule has 0 spiro atoms. The second-order valence-electron chi connectivity index (χ2n) is 6.54. The molecule has 5 nitrogen and oxygen atoms in total. The molecule has 2 aromatic carbocycles. The number of likely N-dealkylation sites (tertiary alicyclic amines) is 1. The van der Waals surface area contributed by atoms with E-state index in [0.717, 1.165) is 6.42 Å². The van der Waals surface area contributed by atoms with Gasteiger partial charge in [0.2, 0.25) is 0 Å². The van der Waals surface area contributed by atoms with Crippen molar-refractivity contribution in [1.82, 2.24) is 4.90 Å². The first-order valence-electron chi connectivity index (χ1n) is 8.56. The summed E-state index contributed by atoms with van der Waals surface area (Å²) in [6.45, 7) is 2.00. The van der Waals surface area contributed by atoms with Crippen LogP contribution in [0.3, 0.4) is 0 Å². The summed E-state index contributed by atoms with van der Waals surface area (Å²) in [6, 6.07) is 14.6. The number of ketones is 1. The zero-order chi connectivity index (χ0) is 18.7. The van der Waals surface area contributed by atoms with Gasteiger partial charge in [-0.05, 0) is 43.5 Å². The first-order chi connectivity index (χ1) is 12.4. The SMILES string of the molecule is CC(=O)[C@H]1CCCN1C(=O)c1cccc(S(=O)(=O)Cc2ccccc2)c1. The Labute approximate surface area is 153 Å². The van der Waals surface area contributed by atoms with Crippen LogP contribution in [0, 0.1) is 0 Å². The molecule has 2 aromatic rings. The Balaban J connectivity index is 1.86. The molecule has 0 unspecified atom stereocenters. The molecule has 6 heteroatoms. The van der Waals surface area contributed by atoms with Crippen LogP contribution in [-0.4, -0.2) is 37.6 Å². The van der Waals surface area contributed by atoms with Gasteiger partial charge in [-0.1, -0.05) is 36.4 Å². The van der Waals surface area contributed by atoms with Gasteiger partial charge in [0.25, 0.3) is 5.91 Å². The van der Waals surface area contributed by atoms with E-state index in [-0.39, 0.29) is 22.3 Å². The fourth-order valence-electron chi connectivity index (χ4n) is 3.30. The van der Waals surface area contributed by atoms with Crippen LogP contribution in [0.5, 0.6) is 0 Å². The molecule has 136 valence electrons. The van der Waals surface area contributed by atoms with Crippen molar-refractivity contribution in [2.45, 2.75) is 36.5 Å². The summed E-state index contributed by atoms with van der Waals surface area (Å²) in [6.07, 6.45) is 1.44. The van der Waals surface area contributed by atoms with Crippen LogP contribution in [0.15, 0.2) is 59.5 Å². The maximum atomic E-state index is 12.8. The molecule has 0 saturated carbocycles. The van der Waals surface area contributed by atoms with Gasteiger partial charge in [-0.15, -0.1) is 0 Å². The van der Waals surface area contributed by atoms with Gasteiger partial charge in [0.05, 0.1) is 16.7 Å². The standard InChI is InChI=1S/C20H21NO4S/c1-15(22)19-11-6-12-21(19)20(23)17-9-5-10-18(13-17)26(24,25)14-16-7-3-2-4-8-16/h2-5,7-10,13,19H,6,11-12,14H2,1H3/t19-/m1/s1. The second kappa shape index (κ2) is 7.41. The Bertz CT molecular complexity index is 922. The zero-order valence-electron chi connectivity index (χ0n) is 14.6. The molecule has 0 radical (unpaired) electrons. The number of nitrogens with zero attached hydrogens (tertiary/aromatic N) is 1. The Hall–Kier alpha value is -2.47. The molecule has 3 rings (SSSR count). The maximum Gasteiger partial charge on any atom is 0.254 e. The molecule has 1 amide bonds. The van der Waals surface area contributed by atoms with Gasteiger partial charge < -0.3 is 4.90 Å². The zero-order valence-corrected chi connectivity index (χ0v) is 15.4. The molecule has 1 aliphatic rings. The Morgan fingerprint density at radius 2 is 1.81 bits per heavy atom. The van der Waals surface area contributed by atoms with E-state index in [0.29, 0.717) is 24.1 Å². The van der Waals surface area contributed by atoms with Crippen molar-refractivity contribution in [1.29, 1.82) is 0 Å². The number of benzene rings is 2. The molecule has 0 N–H and O–H groups in total. The number of hydrogen-bond acceptors (Lipinski definition) is 4. The fourth-order valence-corrected chi connectivity index (χ4v) is 4.69. The Morgan fingerprint density at radius 1 is 1.08 bits per heavy atom. The highest BCUT2D eigenvalue weighted by atomic mass is 32.2. The van der Waals surface area contributed by atoms with Crippen molar-refractivity contribution in [3.8, 4) is 0 Å². The smallest absolute Gasteiger partial charge is 0.254 e. The van der Waals surface area contributed by atoms with Crippen molar-refractivity contribution in [3.63, 3.8) is 0 Å². The van der Waals surface area contributed by atoms with E-state index in [1.54, 1.807) is 41.3 Å². The van der Waals surface area contributed by atoms with Crippen molar-refractivity contribution >= 4 is 21.5 Å². The lowest BCUT2D eigenvalue weighted by molar-refractivity contribution is -0.120. The number of hydrogen-bond donors (Lipinski definition) is 0. The second-order valence-corrected chi connectivity index (χ2v) is 8.53. The lowest BCUT2D eigenvalue weighted by Gasteiger charge is -2.22. The van der Waals surface area contributed by atoms with E-state index in [9.17, 15) is 18.0 Å².